The second kappa shape index (κ2) is 2.87. The van der Waals surface area contributed by atoms with E-state index in [4.69, 9.17) is 0 Å². The first-order chi connectivity index (χ1) is 6.61. The van der Waals surface area contributed by atoms with Gasteiger partial charge in [0.1, 0.15) is 12.0 Å². The second-order valence-corrected chi connectivity index (χ2v) is 3.42. The van der Waals surface area contributed by atoms with Gasteiger partial charge < -0.3 is 0 Å². The molecule has 0 bridgehead atoms. The van der Waals surface area contributed by atoms with Gasteiger partial charge in [0.05, 0.1) is 11.3 Å². The standard InChI is InChI=1S/C9H9N3O2/c1-4(2)6-5-7(11-3-10-6)9(14)12-8(5)13/h3-4H,1-2H3,(H,12,13,14). The van der Waals surface area contributed by atoms with Crippen molar-refractivity contribution in [3.05, 3.63) is 23.3 Å². The Balaban J connectivity index is 2.68. The first-order valence-electron chi connectivity index (χ1n) is 4.32. The van der Waals surface area contributed by atoms with Crippen LogP contribution in [0.25, 0.3) is 0 Å². The van der Waals surface area contributed by atoms with Gasteiger partial charge in [0, 0.05) is 0 Å². The molecule has 1 aromatic rings. The van der Waals surface area contributed by atoms with Crippen molar-refractivity contribution in [3.8, 4) is 0 Å². The molecule has 0 spiro atoms. The Morgan fingerprint density at radius 2 is 1.93 bits per heavy atom. The van der Waals surface area contributed by atoms with Crippen LogP contribution in [0.3, 0.4) is 0 Å². The SMILES string of the molecule is CC(C)c1ncnc2c1C(=O)NC2=O. The number of carbonyl (C=O) groups excluding carboxylic acids is 2. The number of aromatic nitrogens is 2. The number of nitrogens with zero attached hydrogens (tertiary/aromatic N) is 2. The smallest absolute Gasteiger partial charge is 0.277 e. The molecule has 0 unspecified atom stereocenters. The molecule has 5 heteroatoms. The quantitative estimate of drug-likeness (QED) is 0.655. The second-order valence-electron chi connectivity index (χ2n) is 3.42. The molecular weight excluding hydrogens is 182 g/mol. The third-order valence-electron chi connectivity index (χ3n) is 2.09. The predicted molar refractivity (Wildman–Crippen MR) is 47.9 cm³/mol. The summed E-state index contributed by atoms with van der Waals surface area (Å²) in [4.78, 5) is 30.4. The Morgan fingerprint density at radius 1 is 1.21 bits per heavy atom. The van der Waals surface area contributed by atoms with Crippen LogP contribution < -0.4 is 5.32 Å². The normalized spacial score (nSPS) is 14.5. The minimum absolute atomic E-state index is 0.100. The molecule has 0 radical (unpaired) electrons. The van der Waals surface area contributed by atoms with Crippen molar-refractivity contribution in [2.45, 2.75) is 19.8 Å². The fraction of sp³-hybridized carbons (Fsp3) is 0.333. The van der Waals surface area contributed by atoms with Crippen LogP contribution in [0, 0.1) is 0 Å². The number of imide groups is 1. The van der Waals surface area contributed by atoms with E-state index in [0.29, 0.717) is 11.3 Å². The van der Waals surface area contributed by atoms with E-state index in [2.05, 4.69) is 15.3 Å². The summed E-state index contributed by atoms with van der Waals surface area (Å²) in [5.41, 5.74) is 1.14. The van der Waals surface area contributed by atoms with Crippen molar-refractivity contribution in [2.75, 3.05) is 0 Å². The summed E-state index contributed by atoms with van der Waals surface area (Å²) in [7, 11) is 0. The Kier molecular flexibility index (Phi) is 1.80. The highest BCUT2D eigenvalue weighted by Crippen LogP contribution is 2.21. The van der Waals surface area contributed by atoms with Crippen LogP contribution in [0.2, 0.25) is 0 Å². The van der Waals surface area contributed by atoms with Gasteiger partial charge in [-0.2, -0.15) is 0 Å². The minimum Gasteiger partial charge on any atom is -0.287 e. The zero-order valence-electron chi connectivity index (χ0n) is 7.87. The van der Waals surface area contributed by atoms with Gasteiger partial charge in [0.2, 0.25) is 0 Å². The van der Waals surface area contributed by atoms with E-state index < -0.39 is 11.8 Å². The van der Waals surface area contributed by atoms with Gasteiger partial charge in [-0.25, -0.2) is 9.97 Å². The van der Waals surface area contributed by atoms with Gasteiger partial charge in [-0.1, -0.05) is 13.8 Å². The fourth-order valence-corrected chi connectivity index (χ4v) is 1.46. The lowest BCUT2D eigenvalue weighted by atomic mass is 10.0. The Labute approximate surface area is 80.6 Å². The highest BCUT2D eigenvalue weighted by atomic mass is 16.2. The third kappa shape index (κ3) is 1.09. The summed E-state index contributed by atoms with van der Waals surface area (Å²) in [6.07, 6.45) is 1.31. The highest BCUT2D eigenvalue weighted by molar-refractivity contribution is 6.20. The molecule has 0 saturated carbocycles. The lowest BCUT2D eigenvalue weighted by Gasteiger charge is -2.06. The van der Waals surface area contributed by atoms with Crippen molar-refractivity contribution in [1.29, 1.82) is 0 Å². The molecule has 1 N–H and O–H groups in total. The maximum absolute atomic E-state index is 11.4. The molecular formula is C9H9N3O2. The molecule has 0 atom stereocenters. The number of hydrogen-bond acceptors (Lipinski definition) is 4. The Hall–Kier alpha value is -1.78. The van der Waals surface area contributed by atoms with E-state index in [9.17, 15) is 9.59 Å². The van der Waals surface area contributed by atoms with Crippen molar-refractivity contribution >= 4 is 11.8 Å². The van der Waals surface area contributed by atoms with Crippen LogP contribution in [0.4, 0.5) is 0 Å². The van der Waals surface area contributed by atoms with Gasteiger partial charge >= 0.3 is 0 Å². The number of hydrogen-bond donors (Lipinski definition) is 1. The van der Waals surface area contributed by atoms with E-state index in [1.54, 1.807) is 0 Å². The molecule has 0 fully saturated rings. The zero-order valence-corrected chi connectivity index (χ0v) is 7.87. The number of nitrogens with one attached hydrogen (secondary N) is 1. The zero-order chi connectivity index (χ0) is 10.3. The Bertz CT molecular complexity index is 426. The monoisotopic (exact) mass is 191 g/mol. The van der Waals surface area contributed by atoms with Crippen LogP contribution in [-0.2, 0) is 0 Å². The van der Waals surface area contributed by atoms with Crippen molar-refractivity contribution in [3.63, 3.8) is 0 Å². The van der Waals surface area contributed by atoms with Gasteiger partial charge in [-0.15, -0.1) is 0 Å². The van der Waals surface area contributed by atoms with Gasteiger partial charge in [-0.05, 0) is 5.92 Å². The fourth-order valence-electron chi connectivity index (χ4n) is 1.46. The van der Waals surface area contributed by atoms with Crippen LogP contribution in [0.5, 0.6) is 0 Å². The summed E-state index contributed by atoms with van der Waals surface area (Å²) in [5, 5.41) is 2.20. The van der Waals surface area contributed by atoms with Crippen molar-refractivity contribution in [1.82, 2.24) is 15.3 Å². The first kappa shape index (κ1) is 8.80. The molecule has 0 aliphatic carbocycles. The van der Waals surface area contributed by atoms with E-state index in [1.165, 1.54) is 6.33 Å². The molecule has 2 amide bonds. The number of amides is 2. The molecule has 1 aliphatic heterocycles. The summed E-state index contributed by atoms with van der Waals surface area (Å²) in [6, 6.07) is 0. The van der Waals surface area contributed by atoms with E-state index >= 15 is 0 Å². The molecule has 0 aromatic carbocycles. The van der Waals surface area contributed by atoms with Gasteiger partial charge in [-0.3, -0.25) is 14.9 Å². The summed E-state index contributed by atoms with van der Waals surface area (Å²) in [5.74, 6) is -0.730. The topological polar surface area (TPSA) is 72.0 Å². The van der Waals surface area contributed by atoms with E-state index in [0.717, 1.165) is 0 Å². The first-order valence-corrected chi connectivity index (χ1v) is 4.32. The lowest BCUT2D eigenvalue weighted by Crippen LogP contribution is -2.20. The predicted octanol–water partition coefficient (Wildman–Crippen LogP) is 0.484. The highest BCUT2D eigenvalue weighted by Gasteiger charge is 2.32. The Morgan fingerprint density at radius 3 is 2.57 bits per heavy atom. The molecule has 72 valence electrons. The molecule has 0 saturated heterocycles. The largest absolute Gasteiger partial charge is 0.287 e. The average molecular weight is 191 g/mol. The number of fused-ring (bicyclic) bond motifs is 1. The summed E-state index contributed by atoms with van der Waals surface area (Å²) in [6.45, 7) is 3.83. The van der Waals surface area contributed by atoms with Crippen LogP contribution in [0.15, 0.2) is 6.33 Å². The molecule has 14 heavy (non-hydrogen) atoms. The molecule has 5 nitrogen and oxygen atoms in total. The average Bonchev–Trinajstić information content (AvgIpc) is 2.43. The molecule has 2 heterocycles. The maximum atomic E-state index is 11.4. The van der Waals surface area contributed by atoms with Crippen molar-refractivity contribution < 1.29 is 9.59 Å². The van der Waals surface area contributed by atoms with Gasteiger partial charge in [0.15, 0.2) is 0 Å². The van der Waals surface area contributed by atoms with Crippen LogP contribution in [0.1, 0.15) is 46.3 Å². The number of carbonyl (C=O) groups is 2. The van der Waals surface area contributed by atoms with E-state index in [-0.39, 0.29) is 11.6 Å². The van der Waals surface area contributed by atoms with Gasteiger partial charge in [0.25, 0.3) is 11.8 Å². The summed E-state index contributed by atoms with van der Waals surface area (Å²) >= 11 is 0. The van der Waals surface area contributed by atoms with E-state index in [1.807, 2.05) is 13.8 Å². The molecule has 1 aromatic heterocycles. The molecule has 2 rings (SSSR count). The number of rotatable bonds is 1. The molecule has 1 aliphatic rings. The van der Waals surface area contributed by atoms with Crippen LogP contribution >= 0.6 is 0 Å². The maximum Gasteiger partial charge on any atom is 0.277 e. The summed E-state index contributed by atoms with van der Waals surface area (Å²) < 4.78 is 0. The minimum atomic E-state index is -0.436. The third-order valence-corrected chi connectivity index (χ3v) is 2.09. The lowest BCUT2D eigenvalue weighted by molar-refractivity contribution is 0.0878. The van der Waals surface area contributed by atoms with Crippen molar-refractivity contribution in [2.24, 2.45) is 0 Å². The van der Waals surface area contributed by atoms with Crippen LogP contribution in [-0.4, -0.2) is 21.8 Å².